The average Bonchev–Trinajstić information content (AvgIpc) is 2.87. The van der Waals surface area contributed by atoms with Crippen LogP contribution in [0.3, 0.4) is 0 Å². The van der Waals surface area contributed by atoms with Gasteiger partial charge in [0.25, 0.3) is 5.91 Å². The van der Waals surface area contributed by atoms with Gasteiger partial charge in [-0.2, -0.15) is 5.10 Å². The van der Waals surface area contributed by atoms with Gasteiger partial charge in [0.1, 0.15) is 0 Å². The van der Waals surface area contributed by atoms with E-state index in [0.717, 1.165) is 30.5 Å². The standard InChI is InChI=1S/C14H16N2O/c1-10-5-7-11(8-6-10)9-16-14(17)12-3-2-4-13(12)15-16/h5-8,12H,2-4,9H2,1H3. The van der Waals surface area contributed by atoms with Crippen LogP contribution in [0.15, 0.2) is 29.4 Å². The van der Waals surface area contributed by atoms with Gasteiger partial charge in [-0.25, -0.2) is 5.01 Å². The van der Waals surface area contributed by atoms with E-state index in [1.54, 1.807) is 5.01 Å². The minimum Gasteiger partial charge on any atom is -0.272 e. The molecule has 3 heteroatoms. The van der Waals surface area contributed by atoms with Crippen LogP contribution >= 0.6 is 0 Å². The molecule has 1 aromatic rings. The summed E-state index contributed by atoms with van der Waals surface area (Å²) in [6, 6.07) is 8.28. The number of carbonyl (C=O) groups excluding carboxylic acids is 1. The Hall–Kier alpha value is -1.64. The zero-order chi connectivity index (χ0) is 11.8. The van der Waals surface area contributed by atoms with Crippen LogP contribution in [0.4, 0.5) is 0 Å². The number of amides is 1. The van der Waals surface area contributed by atoms with Crippen molar-refractivity contribution in [2.45, 2.75) is 32.7 Å². The molecule has 1 aliphatic carbocycles. The second-order valence-electron chi connectivity index (χ2n) is 4.92. The molecule has 1 saturated carbocycles. The first-order valence-electron chi connectivity index (χ1n) is 6.18. The van der Waals surface area contributed by atoms with Gasteiger partial charge in [-0.3, -0.25) is 4.79 Å². The molecular formula is C14H16N2O. The Morgan fingerprint density at radius 2 is 2.12 bits per heavy atom. The Labute approximate surface area is 101 Å². The first-order valence-corrected chi connectivity index (χ1v) is 6.18. The summed E-state index contributed by atoms with van der Waals surface area (Å²) in [5.74, 6) is 0.290. The molecule has 0 N–H and O–H groups in total. The molecule has 3 nitrogen and oxygen atoms in total. The summed E-state index contributed by atoms with van der Waals surface area (Å²) >= 11 is 0. The van der Waals surface area contributed by atoms with E-state index in [2.05, 4.69) is 36.3 Å². The van der Waals surface area contributed by atoms with E-state index in [9.17, 15) is 4.79 Å². The van der Waals surface area contributed by atoms with Gasteiger partial charge in [0.2, 0.25) is 0 Å². The molecule has 1 aromatic carbocycles. The molecular weight excluding hydrogens is 212 g/mol. The lowest BCUT2D eigenvalue weighted by Gasteiger charge is -2.13. The molecule has 1 atom stereocenters. The first kappa shape index (κ1) is 10.5. The second kappa shape index (κ2) is 3.99. The number of nitrogens with zero attached hydrogens (tertiary/aromatic N) is 2. The molecule has 88 valence electrons. The molecule has 3 rings (SSSR count). The highest BCUT2D eigenvalue weighted by Gasteiger charge is 2.38. The van der Waals surface area contributed by atoms with Crippen molar-refractivity contribution in [1.82, 2.24) is 5.01 Å². The molecule has 0 spiro atoms. The van der Waals surface area contributed by atoms with Gasteiger partial charge in [0, 0.05) is 0 Å². The highest BCUT2D eigenvalue weighted by Crippen LogP contribution is 2.30. The van der Waals surface area contributed by atoms with Crippen LogP contribution in [0.1, 0.15) is 30.4 Å². The van der Waals surface area contributed by atoms with Crippen molar-refractivity contribution >= 4 is 11.6 Å². The van der Waals surface area contributed by atoms with Crippen LogP contribution < -0.4 is 0 Å². The Kier molecular flexibility index (Phi) is 2.46. The van der Waals surface area contributed by atoms with Crippen LogP contribution in [-0.4, -0.2) is 16.6 Å². The SMILES string of the molecule is Cc1ccc(CN2N=C3CCCC3C2=O)cc1. The van der Waals surface area contributed by atoms with Crippen molar-refractivity contribution in [2.24, 2.45) is 11.0 Å². The predicted octanol–water partition coefficient (Wildman–Crippen LogP) is 2.49. The molecule has 0 bridgehead atoms. The van der Waals surface area contributed by atoms with Crippen molar-refractivity contribution in [1.29, 1.82) is 0 Å². The smallest absolute Gasteiger partial charge is 0.251 e. The zero-order valence-corrected chi connectivity index (χ0v) is 10.0. The maximum Gasteiger partial charge on any atom is 0.251 e. The fourth-order valence-electron chi connectivity index (χ4n) is 2.58. The van der Waals surface area contributed by atoms with Crippen molar-refractivity contribution in [3.8, 4) is 0 Å². The van der Waals surface area contributed by atoms with E-state index in [0.29, 0.717) is 6.54 Å². The predicted molar refractivity (Wildman–Crippen MR) is 66.5 cm³/mol. The third-order valence-corrected chi connectivity index (χ3v) is 3.58. The lowest BCUT2D eigenvalue weighted by atomic mass is 10.1. The normalized spacial score (nSPS) is 22.9. The monoisotopic (exact) mass is 228 g/mol. The number of fused-ring (bicyclic) bond motifs is 1. The van der Waals surface area contributed by atoms with Gasteiger partial charge in [-0.05, 0) is 31.7 Å². The van der Waals surface area contributed by atoms with E-state index in [-0.39, 0.29) is 11.8 Å². The number of hydrazone groups is 1. The number of rotatable bonds is 2. The first-order chi connectivity index (χ1) is 8.24. The van der Waals surface area contributed by atoms with Crippen LogP contribution in [0.2, 0.25) is 0 Å². The van der Waals surface area contributed by atoms with Crippen molar-refractivity contribution < 1.29 is 4.79 Å². The Morgan fingerprint density at radius 1 is 1.35 bits per heavy atom. The topological polar surface area (TPSA) is 32.7 Å². The summed E-state index contributed by atoms with van der Waals surface area (Å²) in [5, 5.41) is 6.09. The lowest BCUT2D eigenvalue weighted by molar-refractivity contribution is -0.132. The van der Waals surface area contributed by atoms with E-state index < -0.39 is 0 Å². The summed E-state index contributed by atoms with van der Waals surface area (Å²) < 4.78 is 0. The van der Waals surface area contributed by atoms with Crippen LogP contribution in [-0.2, 0) is 11.3 Å². The van der Waals surface area contributed by atoms with E-state index in [4.69, 9.17) is 0 Å². The number of carbonyl (C=O) groups is 1. The highest BCUT2D eigenvalue weighted by molar-refractivity contribution is 6.09. The summed E-state index contributed by atoms with van der Waals surface area (Å²) in [6.07, 6.45) is 3.11. The number of hydrogen-bond donors (Lipinski definition) is 0. The summed E-state index contributed by atoms with van der Waals surface area (Å²) in [7, 11) is 0. The fraction of sp³-hybridized carbons (Fsp3) is 0.429. The van der Waals surface area contributed by atoms with Crippen molar-refractivity contribution in [3.05, 3.63) is 35.4 Å². The van der Waals surface area contributed by atoms with Gasteiger partial charge in [-0.1, -0.05) is 29.8 Å². The molecule has 1 unspecified atom stereocenters. The number of hydrogen-bond acceptors (Lipinski definition) is 2. The Balaban J connectivity index is 1.76. The molecule has 17 heavy (non-hydrogen) atoms. The third kappa shape index (κ3) is 1.86. The van der Waals surface area contributed by atoms with Gasteiger partial charge in [0.15, 0.2) is 0 Å². The lowest BCUT2D eigenvalue weighted by Crippen LogP contribution is -2.25. The van der Waals surface area contributed by atoms with E-state index >= 15 is 0 Å². The van der Waals surface area contributed by atoms with Crippen LogP contribution in [0, 0.1) is 12.8 Å². The van der Waals surface area contributed by atoms with Crippen molar-refractivity contribution in [3.63, 3.8) is 0 Å². The zero-order valence-electron chi connectivity index (χ0n) is 10.0. The van der Waals surface area contributed by atoms with Crippen LogP contribution in [0.25, 0.3) is 0 Å². The third-order valence-electron chi connectivity index (χ3n) is 3.58. The summed E-state index contributed by atoms with van der Waals surface area (Å²) in [6.45, 7) is 2.68. The summed E-state index contributed by atoms with van der Waals surface area (Å²) in [4.78, 5) is 12.1. The summed E-state index contributed by atoms with van der Waals surface area (Å²) in [5.41, 5.74) is 3.49. The number of aryl methyl sites for hydroxylation is 1. The molecule has 1 heterocycles. The maximum atomic E-state index is 12.1. The molecule has 1 amide bonds. The van der Waals surface area contributed by atoms with Gasteiger partial charge in [-0.15, -0.1) is 0 Å². The van der Waals surface area contributed by atoms with Gasteiger partial charge in [0.05, 0.1) is 18.2 Å². The second-order valence-corrected chi connectivity index (χ2v) is 4.92. The van der Waals surface area contributed by atoms with Crippen LogP contribution in [0.5, 0.6) is 0 Å². The minimum absolute atomic E-state index is 0.0976. The quantitative estimate of drug-likeness (QED) is 0.765. The molecule has 2 aliphatic rings. The molecule has 0 aromatic heterocycles. The molecule has 0 radical (unpaired) electrons. The van der Waals surface area contributed by atoms with Gasteiger partial charge >= 0.3 is 0 Å². The molecule has 1 aliphatic heterocycles. The Bertz CT molecular complexity index is 476. The highest BCUT2D eigenvalue weighted by atomic mass is 16.2. The molecule has 0 saturated heterocycles. The maximum absolute atomic E-state index is 12.1. The average molecular weight is 228 g/mol. The van der Waals surface area contributed by atoms with Gasteiger partial charge < -0.3 is 0 Å². The fourth-order valence-corrected chi connectivity index (χ4v) is 2.58. The minimum atomic E-state index is 0.0976. The Morgan fingerprint density at radius 3 is 2.82 bits per heavy atom. The molecule has 1 fully saturated rings. The van der Waals surface area contributed by atoms with Crippen molar-refractivity contribution in [2.75, 3.05) is 0 Å². The number of benzene rings is 1. The largest absolute Gasteiger partial charge is 0.272 e. The van der Waals surface area contributed by atoms with E-state index in [1.807, 2.05) is 0 Å². The van der Waals surface area contributed by atoms with E-state index in [1.165, 1.54) is 5.56 Å².